The van der Waals surface area contributed by atoms with Gasteiger partial charge in [0, 0.05) is 11.6 Å². The molecule has 2 aliphatic rings. The lowest BCUT2D eigenvalue weighted by atomic mass is 9.90. The highest BCUT2D eigenvalue weighted by Gasteiger charge is 2.61. The summed E-state index contributed by atoms with van der Waals surface area (Å²) in [6, 6.07) is 6.42. The highest BCUT2D eigenvalue weighted by molar-refractivity contribution is 6.33. The van der Waals surface area contributed by atoms with Crippen molar-refractivity contribution in [2.24, 2.45) is 5.92 Å². The van der Waals surface area contributed by atoms with Crippen molar-refractivity contribution in [3.05, 3.63) is 53.2 Å². The van der Waals surface area contributed by atoms with Crippen molar-refractivity contribution in [1.29, 1.82) is 0 Å². The topological polar surface area (TPSA) is 145 Å². The fourth-order valence-corrected chi connectivity index (χ4v) is 5.61. The van der Waals surface area contributed by atoms with E-state index in [2.05, 4.69) is 15.0 Å². The summed E-state index contributed by atoms with van der Waals surface area (Å²) < 4.78 is 22.7. The summed E-state index contributed by atoms with van der Waals surface area (Å²) >= 11 is 5.99. The number of hydrogen-bond acceptors (Lipinski definition) is 8. The second-order valence-electron chi connectivity index (χ2n) is 9.11. The van der Waals surface area contributed by atoms with Crippen LogP contribution in [0.2, 0.25) is 5.02 Å². The van der Waals surface area contributed by atoms with E-state index in [1.807, 2.05) is 0 Å². The van der Waals surface area contributed by atoms with Crippen LogP contribution < -0.4 is 11.5 Å². The molecule has 1 saturated heterocycles. The number of pyridine rings is 1. The second-order valence-corrected chi connectivity index (χ2v) is 9.51. The van der Waals surface area contributed by atoms with E-state index in [9.17, 15) is 14.6 Å². The maximum absolute atomic E-state index is 14.8. The molecule has 2 fully saturated rings. The minimum atomic E-state index is -1.43. The fourth-order valence-electron chi connectivity index (χ4n) is 5.46. The summed E-state index contributed by atoms with van der Waals surface area (Å²) in [5.74, 6) is -0.138. The number of anilines is 2. The monoisotopic (exact) mass is 484 g/mol. The van der Waals surface area contributed by atoms with Crippen LogP contribution in [0.15, 0.2) is 36.8 Å². The molecule has 0 spiro atoms. The Bertz CT molecular complexity index is 1450. The molecule has 9 nitrogen and oxygen atoms in total. The van der Waals surface area contributed by atoms with E-state index in [4.69, 9.17) is 27.8 Å². The molecule has 0 unspecified atom stereocenters. The largest absolute Gasteiger partial charge is 0.385 e. The Morgan fingerprint density at radius 2 is 2.03 bits per heavy atom. The zero-order valence-electron chi connectivity index (χ0n) is 17.9. The number of nitrogens with zero attached hydrogens (tertiary/aromatic N) is 4. The number of nitrogens with two attached hydrogens (primary N) is 2. The molecule has 34 heavy (non-hydrogen) atoms. The van der Waals surface area contributed by atoms with Crippen LogP contribution in [0.3, 0.4) is 0 Å². The van der Waals surface area contributed by atoms with E-state index < -0.39 is 29.9 Å². The maximum atomic E-state index is 14.8. The SMILES string of the molecule is Nc1nc2cc(C[C@@H]3CC[C@@]4(O)[C@@H]3O[C@@H](n3ccc5c(N)ncnc53)[C@@H]4O)cc(F)c2cc1Cl. The Morgan fingerprint density at radius 1 is 1.21 bits per heavy atom. The van der Waals surface area contributed by atoms with Crippen LogP contribution in [-0.2, 0) is 11.2 Å². The summed E-state index contributed by atoms with van der Waals surface area (Å²) in [6.45, 7) is 0. The molecule has 0 amide bonds. The average molecular weight is 485 g/mol. The molecular formula is C23H22ClFN6O3. The standard InChI is InChI=1S/C23H22ClFN6O3/c24-14-8-13-15(25)6-10(7-16(13)30-20(14)27)5-11-1-3-23(33)17(32)22(34-18(11)23)31-4-2-12-19(26)28-9-29-21(12)31/h2,4,6-9,11,17-18,22,32-33H,1,3,5H2,(H2,27,30)(H2,26,28,29)/t11-,17-,18+,22+,23-/m0/s1. The van der Waals surface area contributed by atoms with Crippen LogP contribution in [-0.4, -0.2) is 47.5 Å². The van der Waals surface area contributed by atoms with E-state index in [1.54, 1.807) is 22.9 Å². The quantitative estimate of drug-likeness (QED) is 0.347. The molecule has 1 aromatic carbocycles. The van der Waals surface area contributed by atoms with Gasteiger partial charge in [-0.15, -0.1) is 0 Å². The van der Waals surface area contributed by atoms with Crippen LogP contribution >= 0.6 is 11.6 Å². The molecule has 6 N–H and O–H groups in total. The van der Waals surface area contributed by atoms with Crippen molar-refractivity contribution >= 4 is 45.2 Å². The molecule has 1 aliphatic heterocycles. The summed E-state index contributed by atoms with van der Waals surface area (Å²) in [5.41, 5.74) is 11.9. The molecule has 11 heteroatoms. The van der Waals surface area contributed by atoms with Crippen molar-refractivity contribution in [2.75, 3.05) is 11.5 Å². The Kier molecular flexibility index (Phi) is 4.72. The fraction of sp³-hybridized carbons (Fsp3) is 0.348. The van der Waals surface area contributed by atoms with E-state index in [-0.39, 0.29) is 16.8 Å². The summed E-state index contributed by atoms with van der Waals surface area (Å²) in [4.78, 5) is 12.5. The van der Waals surface area contributed by atoms with E-state index >= 15 is 0 Å². The predicted molar refractivity (Wildman–Crippen MR) is 124 cm³/mol. The number of halogens is 2. The third kappa shape index (κ3) is 3.06. The average Bonchev–Trinajstić information content (AvgIpc) is 3.43. The van der Waals surface area contributed by atoms with Crippen LogP contribution in [0.4, 0.5) is 16.0 Å². The molecule has 5 atom stereocenters. The van der Waals surface area contributed by atoms with Crippen LogP contribution in [0.5, 0.6) is 0 Å². The molecule has 1 aliphatic carbocycles. The highest BCUT2D eigenvalue weighted by atomic mass is 35.5. The van der Waals surface area contributed by atoms with Gasteiger partial charge in [-0.05, 0) is 55.0 Å². The second kappa shape index (κ2) is 7.47. The molecule has 0 radical (unpaired) electrons. The molecule has 4 heterocycles. The number of rotatable bonds is 3. The van der Waals surface area contributed by atoms with E-state index in [0.29, 0.717) is 52.6 Å². The van der Waals surface area contributed by atoms with Crippen LogP contribution in [0, 0.1) is 11.7 Å². The number of aliphatic hydroxyl groups excluding tert-OH is 1. The highest BCUT2D eigenvalue weighted by Crippen LogP contribution is 2.50. The van der Waals surface area contributed by atoms with Crippen LogP contribution in [0.1, 0.15) is 24.6 Å². The first-order chi connectivity index (χ1) is 16.3. The number of aromatic nitrogens is 4. The first kappa shape index (κ1) is 21.5. The Balaban J connectivity index is 1.31. The van der Waals surface area contributed by atoms with Gasteiger partial charge in [-0.2, -0.15) is 0 Å². The van der Waals surface area contributed by atoms with Gasteiger partial charge in [0.05, 0.1) is 22.0 Å². The molecular weight excluding hydrogens is 463 g/mol. The lowest BCUT2D eigenvalue weighted by Crippen LogP contribution is -2.45. The number of ether oxygens (including phenoxy) is 1. The minimum Gasteiger partial charge on any atom is -0.385 e. The lowest BCUT2D eigenvalue weighted by Gasteiger charge is -2.26. The van der Waals surface area contributed by atoms with Crippen molar-refractivity contribution in [3.63, 3.8) is 0 Å². The third-order valence-corrected chi connectivity index (χ3v) is 7.44. The number of aliphatic hydroxyl groups is 2. The number of fused-ring (bicyclic) bond motifs is 3. The first-order valence-corrected chi connectivity index (χ1v) is 11.3. The van der Waals surface area contributed by atoms with Gasteiger partial charge in [-0.3, -0.25) is 0 Å². The van der Waals surface area contributed by atoms with Gasteiger partial charge in [-0.1, -0.05) is 11.6 Å². The van der Waals surface area contributed by atoms with E-state index in [1.165, 1.54) is 18.5 Å². The predicted octanol–water partition coefficient (Wildman–Crippen LogP) is 2.58. The summed E-state index contributed by atoms with van der Waals surface area (Å²) in [5, 5.41) is 23.6. The van der Waals surface area contributed by atoms with Gasteiger partial charge in [0.1, 0.15) is 41.1 Å². The van der Waals surface area contributed by atoms with Crippen molar-refractivity contribution in [1.82, 2.24) is 19.5 Å². The smallest absolute Gasteiger partial charge is 0.164 e. The van der Waals surface area contributed by atoms with Gasteiger partial charge in [0.25, 0.3) is 0 Å². The Labute approximate surface area is 198 Å². The van der Waals surface area contributed by atoms with Crippen molar-refractivity contribution in [2.45, 2.75) is 43.3 Å². The zero-order chi connectivity index (χ0) is 23.8. The maximum Gasteiger partial charge on any atom is 0.164 e. The van der Waals surface area contributed by atoms with Gasteiger partial charge in [0.15, 0.2) is 6.23 Å². The molecule has 4 aromatic rings. The lowest BCUT2D eigenvalue weighted by molar-refractivity contribution is -0.0675. The Hall–Kier alpha value is -3.05. The van der Waals surface area contributed by atoms with E-state index in [0.717, 1.165) is 0 Å². The molecule has 3 aromatic heterocycles. The number of hydrogen-bond donors (Lipinski definition) is 4. The van der Waals surface area contributed by atoms with Crippen molar-refractivity contribution in [3.8, 4) is 0 Å². The van der Waals surface area contributed by atoms with Crippen molar-refractivity contribution < 1.29 is 19.3 Å². The first-order valence-electron chi connectivity index (χ1n) is 10.9. The number of benzene rings is 1. The number of nitrogen functional groups attached to an aromatic ring is 2. The normalized spacial score (nSPS) is 28.7. The molecule has 1 saturated carbocycles. The minimum absolute atomic E-state index is 0.134. The van der Waals surface area contributed by atoms with Crippen LogP contribution in [0.25, 0.3) is 21.9 Å². The Morgan fingerprint density at radius 3 is 2.85 bits per heavy atom. The summed E-state index contributed by atoms with van der Waals surface area (Å²) in [7, 11) is 0. The molecule has 0 bridgehead atoms. The third-order valence-electron chi connectivity index (χ3n) is 7.14. The molecule has 6 rings (SSSR count). The van der Waals surface area contributed by atoms with Gasteiger partial charge in [0.2, 0.25) is 0 Å². The zero-order valence-corrected chi connectivity index (χ0v) is 18.7. The van der Waals surface area contributed by atoms with Gasteiger partial charge < -0.3 is 31.0 Å². The van der Waals surface area contributed by atoms with Gasteiger partial charge in [-0.25, -0.2) is 19.3 Å². The van der Waals surface area contributed by atoms with Gasteiger partial charge >= 0.3 is 0 Å². The molecule has 176 valence electrons. The summed E-state index contributed by atoms with van der Waals surface area (Å²) in [6.07, 6.45) is 1.79.